The summed E-state index contributed by atoms with van der Waals surface area (Å²) in [5, 5.41) is 2.62. The summed E-state index contributed by atoms with van der Waals surface area (Å²) in [4.78, 5) is 12.1. The summed E-state index contributed by atoms with van der Waals surface area (Å²) in [6, 6.07) is 15.4. The largest absolute Gasteiger partial charge is 0.325 e. The molecule has 4 nitrogen and oxygen atoms in total. The van der Waals surface area contributed by atoms with Crippen LogP contribution in [0.4, 0.5) is 5.69 Å². The Morgan fingerprint density at radius 1 is 1.00 bits per heavy atom. The molecule has 0 heterocycles. The van der Waals surface area contributed by atoms with E-state index < -0.39 is 21.5 Å². The van der Waals surface area contributed by atoms with Crippen LogP contribution in [0.25, 0.3) is 0 Å². The van der Waals surface area contributed by atoms with Gasteiger partial charge in [0.25, 0.3) is 0 Å². The van der Waals surface area contributed by atoms with E-state index in [1.165, 1.54) is 12.1 Å². The monoisotopic (exact) mass is 317 g/mol. The summed E-state index contributed by atoms with van der Waals surface area (Å²) < 4.78 is 24.2. The number of amides is 1. The van der Waals surface area contributed by atoms with Crippen LogP contribution in [-0.2, 0) is 14.6 Å². The molecule has 0 atom stereocenters. The van der Waals surface area contributed by atoms with Gasteiger partial charge < -0.3 is 5.32 Å². The fraction of sp³-hybridized carbons (Fsp3) is 0.235. The molecule has 0 aliphatic rings. The van der Waals surface area contributed by atoms with Gasteiger partial charge in [0.2, 0.25) is 5.91 Å². The van der Waals surface area contributed by atoms with Gasteiger partial charge in [0, 0.05) is 5.69 Å². The highest BCUT2D eigenvalue weighted by Gasteiger charge is 2.19. The van der Waals surface area contributed by atoms with Crippen molar-refractivity contribution in [3.63, 3.8) is 0 Å². The molecule has 5 heteroatoms. The highest BCUT2D eigenvalue weighted by Crippen LogP contribution is 2.17. The molecule has 0 unspecified atom stereocenters. The van der Waals surface area contributed by atoms with Crippen molar-refractivity contribution in [2.75, 3.05) is 11.1 Å². The van der Waals surface area contributed by atoms with Gasteiger partial charge in [0.15, 0.2) is 9.84 Å². The topological polar surface area (TPSA) is 63.2 Å². The first-order valence-electron chi connectivity index (χ1n) is 7.06. The van der Waals surface area contributed by atoms with E-state index in [1.807, 2.05) is 12.1 Å². The molecule has 0 aliphatic carbocycles. The summed E-state index contributed by atoms with van der Waals surface area (Å²) in [6.07, 6.45) is 0. The van der Waals surface area contributed by atoms with E-state index >= 15 is 0 Å². The van der Waals surface area contributed by atoms with Crippen LogP contribution in [0.5, 0.6) is 0 Å². The van der Waals surface area contributed by atoms with E-state index in [9.17, 15) is 13.2 Å². The molecule has 22 heavy (non-hydrogen) atoms. The predicted octanol–water partition coefficient (Wildman–Crippen LogP) is 3.22. The minimum Gasteiger partial charge on any atom is -0.325 e. The van der Waals surface area contributed by atoms with Gasteiger partial charge in [-0.3, -0.25) is 4.79 Å². The van der Waals surface area contributed by atoms with E-state index in [-0.39, 0.29) is 4.90 Å². The van der Waals surface area contributed by atoms with Crippen LogP contribution in [0.2, 0.25) is 0 Å². The Bertz CT molecular complexity index is 735. The number of hydrogen-bond acceptors (Lipinski definition) is 3. The highest BCUT2D eigenvalue weighted by molar-refractivity contribution is 7.92. The van der Waals surface area contributed by atoms with Crippen LogP contribution in [0.15, 0.2) is 59.5 Å². The quantitative estimate of drug-likeness (QED) is 0.921. The van der Waals surface area contributed by atoms with Crippen LogP contribution in [0, 0.1) is 0 Å². The number of hydrogen-bond donors (Lipinski definition) is 1. The van der Waals surface area contributed by atoms with Crippen molar-refractivity contribution < 1.29 is 13.2 Å². The molecule has 0 saturated carbocycles. The minimum atomic E-state index is -3.61. The van der Waals surface area contributed by atoms with Gasteiger partial charge in [-0.15, -0.1) is 0 Å². The van der Waals surface area contributed by atoms with Crippen LogP contribution < -0.4 is 5.32 Å². The van der Waals surface area contributed by atoms with Crippen molar-refractivity contribution in [2.45, 2.75) is 24.7 Å². The molecule has 0 saturated heterocycles. The van der Waals surface area contributed by atoms with E-state index in [4.69, 9.17) is 0 Å². The molecule has 2 aromatic carbocycles. The molecule has 0 fully saturated rings. The number of nitrogens with one attached hydrogen (secondary N) is 1. The minimum absolute atomic E-state index is 0.153. The van der Waals surface area contributed by atoms with E-state index in [0.717, 1.165) is 5.56 Å². The maximum absolute atomic E-state index is 12.1. The Morgan fingerprint density at radius 2 is 1.59 bits per heavy atom. The van der Waals surface area contributed by atoms with Crippen molar-refractivity contribution >= 4 is 21.4 Å². The van der Waals surface area contributed by atoms with Crippen molar-refractivity contribution in [3.8, 4) is 0 Å². The average Bonchev–Trinajstić information content (AvgIpc) is 2.48. The standard InChI is InChI=1S/C17H19NO3S/c1-13(2)14-8-10-15(11-9-14)18-17(19)12-22(20,21)16-6-4-3-5-7-16/h3-11,13H,12H2,1-2H3,(H,18,19). The lowest BCUT2D eigenvalue weighted by molar-refractivity contribution is -0.113. The Morgan fingerprint density at radius 3 is 2.14 bits per heavy atom. The number of rotatable bonds is 5. The lowest BCUT2D eigenvalue weighted by Crippen LogP contribution is -2.23. The van der Waals surface area contributed by atoms with E-state index in [1.54, 1.807) is 30.3 Å². The maximum Gasteiger partial charge on any atom is 0.239 e. The molecular formula is C17H19NO3S. The van der Waals surface area contributed by atoms with Gasteiger partial charge in [-0.25, -0.2) is 8.42 Å². The summed E-state index contributed by atoms with van der Waals surface area (Å²) in [6.45, 7) is 4.17. The first-order chi connectivity index (χ1) is 10.4. The fourth-order valence-electron chi connectivity index (χ4n) is 2.03. The number of carbonyl (C=O) groups is 1. The molecule has 0 spiro atoms. The average molecular weight is 317 g/mol. The van der Waals surface area contributed by atoms with Crippen LogP contribution >= 0.6 is 0 Å². The maximum atomic E-state index is 12.1. The summed E-state index contributed by atoms with van der Waals surface area (Å²) in [5.41, 5.74) is 1.76. The number of anilines is 1. The van der Waals surface area contributed by atoms with E-state index in [0.29, 0.717) is 11.6 Å². The third kappa shape index (κ3) is 4.18. The molecule has 0 bridgehead atoms. The second-order valence-corrected chi connectivity index (χ2v) is 7.39. The molecule has 2 aromatic rings. The second-order valence-electron chi connectivity index (χ2n) is 5.40. The molecular weight excluding hydrogens is 298 g/mol. The zero-order valence-corrected chi connectivity index (χ0v) is 13.4. The highest BCUT2D eigenvalue weighted by atomic mass is 32.2. The van der Waals surface area contributed by atoms with Gasteiger partial charge in [-0.1, -0.05) is 44.2 Å². The van der Waals surface area contributed by atoms with Gasteiger partial charge in [-0.2, -0.15) is 0 Å². The summed E-state index contributed by atoms with van der Waals surface area (Å²) in [7, 11) is -3.61. The van der Waals surface area contributed by atoms with E-state index in [2.05, 4.69) is 19.2 Å². The number of carbonyl (C=O) groups excluding carboxylic acids is 1. The lowest BCUT2D eigenvalue weighted by atomic mass is 10.0. The lowest BCUT2D eigenvalue weighted by Gasteiger charge is -2.09. The van der Waals surface area contributed by atoms with Gasteiger partial charge in [0.05, 0.1) is 4.90 Å². The SMILES string of the molecule is CC(C)c1ccc(NC(=O)CS(=O)(=O)c2ccccc2)cc1. The van der Waals surface area contributed by atoms with Crippen molar-refractivity contribution in [2.24, 2.45) is 0 Å². The van der Waals surface area contributed by atoms with Gasteiger partial charge in [-0.05, 0) is 35.7 Å². The van der Waals surface area contributed by atoms with Gasteiger partial charge in [0.1, 0.15) is 5.75 Å². The second kappa shape index (κ2) is 6.75. The van der Waals surface area contributed by atoms with Crippen molar-refractivity contribution in [1.82, 2.24) is 0 Å². The zero-order valence-electron chi connectivity index (χ0n) is 12.6. The Labute approximate surface area is 131 Å². The first-order valence-corrected chi connectivity index (χ1v) is 8.71. The molecule has 1 amide bonds. The smallest absolute Gasteiger partial charge is 0.239 e. The molecule has 2 rings (SSSR count). The number of benzene rings is 2. The third-order valence-corrected chi connectivity index (χ3v) is 4.92. The Balaban J connectivity index is 2.04. The third-order valence-electron chi connectivity index (χ3n) is 3.28. The Kier molecular flexibility index (Phi) is 4.98. The molecule has 116 valence electrons. The molecule has 0 radical (unpaired) electrons. The first kappa shape index (κ1) is 16.2. The summed E-state index contributed by atoms with van der Waals surface area (Å²) >= 11 is 0. The van der Waals surface area contributed by atoms with Crippen LogP contribution in [-0.4, -0.2) is 20.1 Å². The fourth-order valence-corrected chi connectivity index (χ4v) is 3.19. The Hall–Kier alpha value is -2.14. The predicted molar refractivity (Wildman–Crippen MR) is 87.7 cm³/mol. The zero-order chi connectivity index (χ0) is 16.2. The van der Waals surface area contributed by atoms with Crippen molar-refractivity contribution in [3.05, 3.63) is 60.2 Å². The summed E-state index contributed by atoms with van der Waals surface area (Å²) in [5.74, 6) is -0.701. The van der Waals surface area contributed by atoms with Crippen LogP contribution in [0.1, 0.15) is 25.3 Å². The molecule has 1 N–H and O–H groups in total. The normalized spacial score (nSPS) is 11.4. The van der Waals surface area contributed by atoms with Crippen LogP contribution in [0.3, 0.4) is 0 Å². The van der Waals surface area contributed by atoms with Gasteiger partial charge >= 0.3 is 0 Å². The number of sulfone groups is 1. The molecule has 0 aliphatic heterocycles. The van der Waals surface area contributed by atoms with Crippen molar-refractivity contribution in [1.29, 1.82) is 0 Å². The molecule has 0 aromatic heterocycles.